The Bertz CT molecular complexity index is 440. The van der Waals surface area contributed by atoms with Gasteiger partial charge >= 0.3 is 0 Å². The number of hydrogen-bond acceptors (Lipinski definition) is 3. The van der Waals surface area contributed by atoms with Gasteiger partial charge < -0.3 is 10.0 Å². The number of nitrogens with zero attached hydrogens (tertiary/aromatic N) is 2. The molecule has 3 nitrogen and oxygen atoms in total. The second-order valence-corrected chi connectivity index (χ2v) is 4.86. The predicted molar refractivity (Wildman–Crippen MR) is 74.7 cm³/mol. The third-order valence-corrected chi connectivity index (χ3v) is 3.22. The molecule has 18 heavy (non-hydrogen) atoms. The lowest BCUT2D eigenvalue weighted by Gasteiger charge is -2.25. The smallest absolute Gasteiger partial charge is 0.0776 e. The van der Waals surface area contributed by atoms with E-state index in [1.807, 2.05) is 32.0 Å². The van der Waals surface area contributed by atoms with Crippen molar-refractivity contribution in [3.63, 3.8) is 0 Å². The number of hydrogen-bond donors (Lipinski definition) is 1. The van der Waals surface area contributed by atoms with Gasteiger partial charge in [-0.3, -0.25) is 0 Å². The minimum Gasteiger partial charge on any atom is -0.389 e. The lowest BCUT2D eigenvalue weighted by Crippen LogP contribution is -2.27. The first-order valence-electron chi connectivity index (χ1n) is 6.11. The largest absolute Gasteiger partial charge is 0.389 e. The molecule has 0 heterocycles. The second kappa shape index (κ2) is 6.63. The second-order valence-electron chi connectivity index (χ2n) is 4.45. The molecule has 0 bridgehead atoms. The van der Waals surface area contributed by atoms with Crippen LogP contribution in [0.4, 0.5) is 5.69 Å². The number of benzene rings is 1. The Kier molecular flexibility index (Phi) is 5.46. The molecule has 0 spiro atoms. The molecule has 0 amide bonds. The SMILES string of the molecule is CCN(CC(C)C#N)c1ccc(C(C)O)c(Cl)c1. The molecule has 2 unspecified atom stereocenters. The first-order chi connectivity index (χ1) is 8.49. The van der Waals surface area contributed by atoms with Gasteiger partial charge in [0.05, 0.1) is 18.1 Å². The van der Waals surface area contributed by atoms with Crippen LogP contribution in [0, 0.1) is 17.2 Å². The van der Waals surface area contributed by atoms with Crippen LogP contribution in [0.5, 0.6) is 0 Å². The maximum absolute atomic E-state index is 9.53. The average Bonchev–Trinajstić information content (AvgIpc) is 2.34. The number of aliphatic hydroxyl groups excluding tert-OH is 1. The van der Waals surface area contributed by atoms with Gasteiger partial charge in [0.2, 0.25) is 0 Å². The van der Waals surface area contributed by atoms with Crippen molar-refractivity contribution in [2.45, 2.75) is 26.9 Å². The van der Waals surface area contributed by atoms with E-state index in [9.17, 15) is 5.11 Å². The highest BCUT2D eigenvalue weighted by Gasteiger charge is 2.12. The molecule has 0 aliphatic rings. The van der Waals surface area contributed by atoms with Crippen molar-refractivity contribution in [1.82, 2.24) is 0 Å². The van der Waals surface area contributed by atoms with Gasteiger partial charge in [0.25, 0.3) is 0 Å². The fourth-order valence-corrected chi connectivity index (χ4v) is 2.17. The van der Waals surface area contributed by atoms with Gasteiger partial charge in [-0.15, -0.1) is 0 Å². The average molecular weight is 267 g/mol. The van der Waals surface area contributed by atoms with Crippen LogP contribution in [0.25, 0.3) is 0 Å². The van der Waals surface area contributed by atoms with Crippen molar-refractivity contribution < 1.29 is 5.11 Å². The van der Waals surface area contributed by atoms with Crippen molar-refractivity contribution in [3.05, 3.63) is 28.8 Å². The van der Waals surface area contributed by atoms with E-state index >= 15 is 0 Å². The summed E-state index contributed by atoms with van der Waals surface area (Å²) in [6.45, 7) is 7.12. The first-order valence-corrected chi connectivity index (χ1v) is 6.49. The molecule has 1 aromatic carbocycles. The van der Waals surface area contributed by atoms with Crippen LogP contribution >= 0.6 is 11.6 Å². The van der Waals surface area contributed by atoms with Crippen LogP contribution in [-0.2, 0) is 0 Å². The van der Waals surface area contributed by atoms with Crippen molar-refractivity contribution in [2.75, 3.05) is 18.0 Å². The minimum atomic E-state index is -0.570. The van der Waals surface area contributed by atoms with Crippen molar-refractivity contribution in [3.8, 4) is 6.07 Å². The monoisotopic (exact) mass is 266 g/mol. The van der Waals surface area contributed by atoms with Gasteiger partial charge in [-0.1, -0.05) is 17.7 Å². The van der Waals surface area contributed by atoms with Crippen molar-refractivity contribution in [2.24, 2.45) is 5.92 Å². The van der Waals surface area contributed by atoms with E-state index in [0.29, 0.717) is 11.6 Å². The quantitative estimate of drug-likeness (QED) is 0.889. The van der Waals surface area contributed by atoms with E-state index in [1.54, 1.807) is 6.92 Å². The van der Waals surface area contributed by atoms with Gasteiger partial charge in [-0.25, -0.2) is 0 Å². The number of halogens is 1. The zero-order chi connectivity index (χ0) is 13.7. The third kappa shape index (κ3) is 3.63. The van der Waals surface area contributed by atoms with E-state index in [0.717, 1.165) is 17.8 Å². The summed E-state index contributed by atoms with van der Waals surface area (Å²) in [5.41, 5.74) is 1.71. The molecule has 0 aromatic heterocycles. The summed E-state index contributed by atoms with van der Waals surface area (Å²) >= 11 is 6.14. The normalized spacial score (nSPS) is 13.8. The predicted octanol–water partition coefficient (Wildman–Crippen LogP) is 3.38. The molecular weight excluding hydrogens is 248 g/mol. The molecule has 0 radical (unpaired) electrons. The molecule has 1 rings (SSSR count). The van der Waals surface area contributed by atoms with Gasteiger partial charge in [0, 0.05) is 23.8 Å². The molecule has 0 saturated carbocycles. The highest BCUT2D eigenvalue weighted by molar-refractivity contribution is 6.31. The van der Waals surface area contributed by atoms with Crippen LogP contribution < -0.4 is 4.90 Å². The molecule has 0 aliphatic heterocycles. The van der Waals surface area contributed by atoms with Gasteiger partial charge in [-0.05, 0) is 38.5 Å². The summed E-state index contributed by atoms with van der Waals surface area (Å²) in [5.74, 6) is -0.0276. The minimum absolute atomic E-state index is 0.0276. The Morgan fingerprint density at radius 2 is 2.11 bits per heavy atom. The molecule has 4 heteroatoms. The Balaban J connectivity index is 2.95. The standard InChI is InChI=1S/C14H19ClN2O/c1-4-17(9-10(2)8-16)12-5-6-13(11(3)18)14(15)7-12/h5-7,10-11,18H,4,9H2,1-3H3. The van der Waals surface area contributed by atoms with E-state index in [-0.39, 0.29) is 5.92 Å². The summed E-state index contributed by atoms with van der Waals surface area (Å²) in [6, 6.07) is 7.84. The summed E-state index contributed by atoms with van der Waals surface area (Å²) in [4.78, 5) is 2.10. The van der Waals surface area contributed by atoms with Crippen LogP contribution in [0.2, 0.25) is 5.02 Å². The van der Waals surface area contributed by atoms with Crippen LogP contribution in [0.3, 0.4) is 0 Å². The molecule has 0 fully saturated rings. The number of anilines is 1. The van der Waals surface area contributed by atoms with Gasteiger partial charge in [0.15, 0.2) is 0 Å². The van der Waals surface area contributed by atoms with Crippen LogP contribution in [0.1, 0.15) is 32.4 Å². The molecule has 0 saturated heterocycles. The Hall–Kier alpha value is -1.24. The Labute approximate surface area is 114 Å². The molecule has 0 aliphatic carbocycles. The highest BCUT2D eigenvalue weighted by Crippen LogP contribution is 2.28. The molecule has 1 aromatic rings. The summed E-state index contributed by atoms with van der Waals surface area (Å²) < 4.78 is 0. The fourth-order valence-electron chi connectivity index (χ4n) is 1.84. The van der Waals surface area contributed by atoms with Crippen LogP contribution in [0.15, 0.2) is 18.2 Å². The fraction of sp³-hybridized carbons (Fsp3) is 0.500. The summed E-state index contributed by atoms with van der Waals surface area (Å²) in [7, 11) is 0. The van der Waals surface area contributed by atoms with E-state index < -0.39 is 6.10 Å². The van der Waals surface area contributed by atoms with E-state index in [2.05, 4.69) is 11.0 Å². The lowest BCUT2D eigenvalue weighted by molar-refractivity contribution is 0.199. The highest BCUT2D eigenvalue weighted by atomic mass is 35.5. The molecule has 1 N–H and O–H groups in total. The first kappa shape index (κ1) is 14.8. The Morgan fingerprint density at radius 3 is 2.56 bits per heavy atom. The Morgan fingerprint density at radius 1 is 1.44 bits per heavy atom. The van der Waals surface area contributed by atoms with Gasteiger partial charge in [0.1, 0.15) is 0 Å². The maximum Gasteiger partial charge on any atom is 0.0776 e. The number of nitriles is 1. The zero-order valence-corrected chi connectivity index (χ0v) is 11.8. The van der Waals surface area contributed by atoms with Gasteiger partial charge in [-0.2, -0.15) is 5.26 Å². The van der Waals surface area contributed by atoms with Crippen LogP contribution in [-0.4, -0.2) is 18.2 Å². The summed E-state index contributed by atoms with van der Waals surface area (Å²) in [5, 5.41) is 19.0. The number of rotatable bonds is 5. The van der Waals surface area contributed by atoms with E-state index in [4.69, 9.17) is 16.9 Å². The molecular formula is C14H19ClN2O. The third-order valence-electron chi connectivity index (χ3n) is 2.90. The van der Waals surface area contributed by atoms with Crippen molar-refractivity contribution >= 4 is 17.3 Å². The lowest BCUT2D eigenvalue weighted by atomic mass is 10.1. The topological polar surface area (TPSA) is 47.3 Å². The number of aliphatic hydroxyl groups is 1. The summed E-state index contributed by atoms with van der Waals surface area (Å²) in [6.07, 6.45) is -0.570. The molecule has 98 valence electrons. The zero-order valence-electron chi connectivity index (χ0n) is 11.0. The van der Waals surface area contributed by atoms with Crippen molar-refractivity contribution in [1.29, 1.82) is 5.26 Å². The van der Waals surface area contributed by atoms with E-state index in [1.165, 1.54) is 0 Å². The maximum atomic E-state index is 9.53. The molecule has 2 atom stereocenters.